The van der Waals surface area contributed by atoms with Gasteiger partial charge in [-0.1, -0.05) is 0 Å². The Hall–Kier alpha value is -1.27. The van der Waals surface area contributed by atoms with Gasteiger partial charge in [-0.25, -0.2) is 0 Å². The average molecular weight is 279 g/mol. The molecule has 1 heterocycles. The van der Waals surface area contributed by atoms with Crippen molar-refractivity contribution in [2.24, 2.45) is 17.8 Å². The zero-order valence-electron chi connectivity index (χ0n) is 10.7. The highest BCUT2D eigenvalue weighted by atomic mass is 19.4. The topological polar surface area (TPSA) is 57.6 Å². The largest absolute Gasteiger partial charge is 0.481 e. The van der Waals surface area contributed by atoms with Crippen molar-refractivity contribution in [2.75, 3.05) is 6.54 Å². The summed E-state index contributed by atoms with van der Waals surface area (Å²) in [4.78, 5) is 24.0. The summed E-state index contributed by atoms with van der Waals surface area (Å²) in [6.45, 7) is 2.83. The molecule has 0 radical (unpaired) electrons. The van der Waals surface area contributed by atoms with E-state index in [0.29, 0.717) is 0 Å². The molecular weight excluding hydrogens is 263 g/mol. The molecule has 7 heteroatoms. The number of rotatable bonds is 2. The summed E-state index contributed by atoms with van der Waals surface area (Å²) < 4.78 is 38.6. The van der Waals surface area contributed by atoms with E-state index in [0.717, 1.165) is 0 Å². The van der Waals surface area contributed by atoms with Crippen molar-refractivity contribution in [1.82, 2.24) is 4.90 Å². The van der Waals surface area contributed by atoms with Crippen molar-refractivity contribution in [3.05, 3.63) is 0 Å². The third kappa shape index (κ3) is 2.30. The number of carboxylic acid groups (broad SMARTS) is 1. The molecule has 2 aliphatic rings. The summed E-state index contributed by atoms with van der Waals surface area (Å²) in [7, 11) is 0. The van der Waals surface area contributed by atoms with Gasteiger partial charge in [-0.3, -0.25) is 9.59 Å². The standard InChI is InChI=1S/C12H16F3NO3/c1-11(2)8(12(13,14)15)3-4-16(11)9(17)6-5-7(6)10(18)19/h6-8H,3-5H2,1-2H3,(H,18,19). The number of carboxylic acids is 1. The fraction of sp³-hybridized carbons (Fsp3) is 0.833. The van der Waals surface area contributed by atoms with Crippen molar-refractivity contribution in [1.29, 1.82) is 0 Å². The first-order valence-electron chi connectivity index (χ1n) is 6.18. The Morgan fingerprint density at radius 1 is 1.26 bits per heavy atom. The van der Waals surface area contributed by atoms with Crippen LogP contribution >= 0.6 is 0 Å². The average Bonchev–Trinajstić information content (AvgIpc) is 2.95. The van der Waals surface area contributed by atoms with Gasteiger partial charge in [-0.15, -0.1) is 0 Å². The maximum absolute atomic E-state index is 12.9. The van der Waals surface area contributed by atoms with E-state index in [1.807, 2.05) is 0 Å². The summed E-state index contributed by atoms with van der Waals surface area (Å²) in [6, 6.07) is 0. The second kappa shape index (κ2) is 4.11. The van der Waals surface area contributed by atoms with Crippen LogP contribution < -0.4 is 0 Å². The van der Waals surface area contributed by atoms with Crippen LogP contribution in [0.5, 0.6) is 0 Å². The molecule has 1 saturated heterocycles. The van der Waals surface area contributed by atoms with E-state index in [1.54, 1.807) is 0 Å². The summed E-state index contributed by atoms with van der Waals surface area (Å²) in [5, 5.41) is 8.78. The predicted molar refractivity (Wildman–Crippen MR) is 59.2 cm³/mol. The number of likely N-dealkylation sites (tertiary alicyclic amines) is 1. The van der Waals surface area contributed by atoms with E-state index in [4.69, 9.17) is 5.11 Å². The number of hydrogen-bond donors (Lipinski definition) is 1. The first-order chi connectivity index (χ1) is 8.56. The molecule has 3 atom stereocenters. The third-order valence-corrected chi connectivity index (χ3v) is 4.28. The molecule has 108 valence electrons. The molecule has 0 spiro atoms. The smallest absolute Gasteiger partial charge is 0.394 e. The Morgan fingerprint density at radius 3 is 2.21 bits per heavy atom. The number of halogens is 3. The third-order valence-electron chi connectivity index (χ3n) is 4.28. The molecule has 1 saturated carbocycles. The number of carbonyl (C=O) groups is 2. The molecule has 1 amide bonds. The lowest BCUT2D eigenvalue weighted by Gasteiger charge is -2.37. The number of amides is 1. The summed E-state index contributed by atoms with van der Waals surface area (Å²) in [5.74, 6) is -4.44. The van der Waals surface area contributed by atoms with Crippen LogP contribution in [0.25, 0.3) is 0 Å². The molecule has 4 nitrogen and oxygen atoms in total. The molecular formula is C12H16F3NO3. The molecule has 2 rings (SSSR count). The SMILES string of the molecule is CC1(C)C(C(F)(F)F)CCN1C(=O)C1CC1C(=O)O. The van der Waals surface area contributed by atoms with Crippen molar-refractivity contribution >= 4 is 11.9 Å². The van der Waals surface area contributed by atoms with Gasteiger partial charge < -0.3 is 10.0 Å². The van der Waals surface area contributed by atoms with Crippen molar-refractivity contribution in [3.8, 4) is 0 Å². The summed E-state index contributed by atoms with van der Waals surface area (Å²) >= 11 is 0. The lowest BCUT2D eigenvalue weighted by molar-refractivity contribution is -0.192. The number of alkyl halides is 3. The molecule has 2 fully saturated rings. The van der Waals surface area contributed by atoms with Gasteiger partial charge in [-0.05, 0) is 26.7 Å². The molecule has 1 aliphatic carbocycles. The molecule has 3 unspecified atom stereocenters. The minimum atomic E-state index is -4.34. The predicted octanol–water partition coefficient (Wildman–Crippen LogP) is 1.90. The first-order valence-corrected chi connectivity index (χ1v) is 6.18. The minimum Gasteiger partial charge on any atom is -0.481 e. The van der Waals surface area contributed by atoms with E-state index in [-0.39, 0.29) is 19.4 Å². The normalized spacial score (nSPS) is 33.3. The van der Waals surface area contributed by atoms with Crippen LogP contribution in [0, 0.1) is 17.8 Å². The lowest BCUT2D eigenvalue weighted by atomic mass is 9.87. The van der Waals surface area contributed by atoms with Crippen molar-refractivity contribution in [2.45, 2.75) is 38.4 Å². The van der Waals surface area contributed by atoms with Crippen LogP contribution in [0.4, 0.5) is 13.2 Å². The van der Waals surface area contributed by atoms with Crippen LogP contribution in [-0.4, -0.2) is 40.1 Å². The molecule has 19 heavy (non-hydrogen) atoms. The van der Waals surface area contributed by atoms with E-state index in [9.17, 15) is 22.8 Å². The van der Waals surface area contributed by atoms with E-state index < -0.39 is 41.3 Å². The molecule has 0 aromatic carbocycles. The van der Waals surface area contributed by atoms with Gasteiger partial charge in [0.2, 0.25) is 5.91 Å². The fourth-order valence-electron chi connectivity index (χ4n) is 2.99. The van der Waals surface area contributed by atoms with Gasteiger partial charge in [0.1, 0.15) is 0 Å². The van der Waals surface area contributed by atoms with Gasteiger partial charge in [0.15, 0.2) is 0 Å². The Morgan fingerprint density at radius 2 is 1.84 bits per heavy atom. The Kier molecular flexibility index (Phi) is 3.06. The number of hydrogen-bond acceptors (Lipinski definition) is 2. The van der Waals surface area contributed by atoms with Crippen LogP contribution in [0.2, 0.25) is 0 Å². The van der Waals surface area contributed by atoms with E-state index in [2.05, 4.69) is 0 Å². The van der Waals surface area contributed by atoms with Crippen LogP contribution in [0.3, 0.4) is 0 Å². The summed E-state index contributed by atoms with van der Waals surface area (Å²) in [6.07, 6.45) is -4.22. The fourth-order valence-corrected chi connectivity index (χ4v) is 2.99. The molecule has 1 aliphatic heterocycles. The van der Waals surface area contributed by atoms with Crippen LogP contribution in [0.15, 0.2) is 0 Å². The van der Waals surface area contributed by atoms with Gasteiger partial charge >= 0.3 is 12.1 Å². The van der Waals surface area contributed by atoms with Gasteiger partial charge in [0.05, 0.1) is 17.8 Å². The number of nitrogens with zero attached hydrogens (tertiary/aromatic N) is 1. The molecule has 0 aromatic heterocycles. The van der Waals surface area contributed by atoms with Crippen molar-refractivity contribution in [3.63, 3.8) is 0 Å². The molecule has 0 bridgehead atoms. The summed E-state index contributed by atoms with van der Waals surface area (Å²) in [5.41, 5.74) is -1.30. The molecule has 0 aromatic rings. The van der Waals surface area contributed by atoms with Crippen LogP contribution in [-0.2, 0) is 9.59 Å². The van der Waals surface area contributed by atoms with Gasteiger partial charge in [-0.2, -0.15) is 13.2 Å². The Bertz CT molecular complexity index is 419. The zero-order valence-corrected chi connectivity index (χ0v) is 10.7. The highest BCUT2D eigenvalue weighted by molar-refractivity contribution is 5.90. The van der Waals surface area contributed by atoms with E-state index in [1.165, 1.54) is 18.7 Å². The lowest BCUT2D eigenvalue weighted by Crippen LogP contribution is -2.50. The number of carbonyl (C=O) groups excluding carboxylic acids is 1. The monoisotopic (exact) mass is 279 g/mol. The second-order valence-electron chi connectivity index (χ2n) is 5.81. The Labute approximate surface area is 108 Å². The molecule has 1 N–H and O–H groups in total. The van der Waals surface area contributed by atoms with Crippen molar-refractivity contribution < 1.29 is 27.9 Å². The maximum atomic E-state index is 12.9. The van der Waals surface area contributed by atoms with Crippen LogP contribution in [0.1, 0.15) is 26.7 Å². The first kappa shape index (κ1) is 14.1. The van der Waals surface area contributed by atoms with Gasteiger partial charge in [0, 0.05) is 12.1 Å². The Balaban J connectivity index is 2.11. The second-order valence-corrected chi connectivity index (χ2v) is 5.81. The number of aliphatic carboxylic acids is 1. The highest BCUT2D eigenvalue weighted by Crippen LogP contribution is 2.48. The van der Waals surface area contributed by atoms with Gasteiger partial charge in [0.25, 0.3) is 0 Å². The minimum absolute atomic E-state index is 0.0405. The zero-order chi connectivity index (χ0) is 14.6. The maximum Gasteiger partial charge on any atom is 0.394 e. The van der Waals surface area contributed by atoms with E-state index >= 15 is 0 Å². The quantitative estimate of drug-likeness (QED) is 0.840. The highest BCUT2D eigenvalue weighted by Gasteiger charge is 2.59.